The summed E-state index contributed by atoms with van der Waals surface area (Å²) in [5.74, 6) is -0.487. The smallest absolute Gasteiger partial charge is 0.319 e. The number of nitrogens with zero attached hydrogens (tertiary/aromatic N) is 3. The molecule has 1 N–H and O–H groups in total. The van der Waals surface area contributed by atoms with Crippen molar-refractivity contribution in [2.75, 3.05) is 13.1 Å². The van der Waals surface area contributed by atoms with Crippen LogP contribution in [0.5, 0.6) is 5.75 Å². The van der Waals surface area contributed by atoms with E-state index in [0.29, 0.717) is 18.8 Å². The van der Waals surface area contributed by atoms with Crippen molar-refractivity contribution in [1.29, 1.82) is 0 Å². The Bertz CT molecular complexity index is 1730. The summed E-state index contributed by atoms with van der Waals surface area (Å²) in [6, 6.07) is 29.7. The number of carbonyl (C=O) groups is 4. The summed E-state index contributed by atoms with van der Waals surface area (Å²) in [5.41, 5.74) is 2.78. The van der Waals surface area contributed by atoms with E-state index >= 15 is 0 Å². The van der Waals surface area contributed by atoms with Crippen LogP contribution in [0.1, 0.15) is 37.0 Å². The molecule has 0 aromatic heterocycles. The van der Waals surface area contributed by atoms with Gasteiger partial charge in [-0.3, -0.25) is 14.4 Å². The van der Waals surface area contributed by atoms with Gasteiger partial charge in [-0.1, -0.05) is 98.8 Å². The number of amides is 4. The Morgan fingerprint density at radius 1 is 0.870 bits per heavy atom. The summed E-state index contributed by atoms with van der Waals surface area (Å²) in [6.07, 6.45) is -0.238. The molecule has 2 fully saturated rings. The second kappa shape index (κ2) is 13.4. The molecule has 9 nitrogen and oxygen atoms in total. The normalized spacial score (nSPS) is 18.1. The highest BCUT2D eigenvalue weighted by Crippen LogP contribution is 2.30. The average Bonchev–Trinajstić information content (AvgIpc) is 3.07. The minimum atomic E-state index is -0.810. The van der Waals surface area contributed by atoms with Gasteiger partial charge in [0.25, 0.3) is 0 Å². The number of ether oxygens (including phenoxy) is 1. The Kier molecular flexibility index (Phi) is 9.01. The largest absolute Gasteiger partial charge is 0.426 e. The second-order valence-electron chi connectivity index (χ2n) is 12.2. The maximum absolute atomic E-state index is 14.3. The van der Waals surface area contributed by atoms with Crippen molar-refractivity contribution in [1.82, 2.24) is 20.0 Å². The average molecular weight is 619 g/mol. The standard InChI is InChI=1S/C37H38N4O5/c1-25(2)36(44)46-30-17-15-26(16-18-30)21-32-35(43)39(23-29-13-8-12-28-11-6-7-14-31(28)29)24-33-40(20-19-34(42)41(32)33)37(45)38-22-27-9-4-3-5-10-27/h3-18,25,32-33H,19-24H2,1-2H3,(H,38,45)/t32?,33-/m1/s1. The first-order valence-corrected chi connectivity index (χ1v) is 15.7. The highest BCUT2D eigenvalue weighted by molar-refractivity contribution is 5.92. The molecule has 4 aromatic carbocycles. The van der Waals surface area contributed by atoms with E-state index in [1.54, 1.807) is 40.7 Å². The first kappa shape index (κ1) is 30.8. The lowest BCUT2D eigenvalue weighted by Gasteiger charge is -2.52. The van der Waals surface area contributed by atoms with Gasteiger partial charge >= 0.3 is 12.0 Å². The molecule has 4 amide bonds. The number of carbonyl (C=O) groups excluding carboxylic acids is 4. The molecule has 2 aliphatic heterocycles. The van der Waals surface area contributed by atoms with Gasteiger partial charge in [-0.25, -0.2) is 4.79 Å². The topological polar surface area (TPSA) is 99.3 Å². The highest BCUT2D eigenvalue weighted by atomic mass is 16.5. The van der Waals surface area contributed by atoms with Crippen molar-refractivity contribution in [2.24, 2.45) is 5.92 Å². The number of fused-ring (bicyclic) bond motifs is 2. The quantitative estimate of drug-likeness (QED) is 0.218. The SMILES string of the molecule is CC(C)C(=O)Oc1ccc(CC2C(=O)N(Cc3cccc4ccccc34)C[C@@H]3N(C(=O)NCc4ccccc4)CCC(=O)N23)cc1. The first-order chi connectivity index (χ1) is 22.3. The molecule has 2 atom stereocenters. The van der Waals surface area contributed by atoms with Gasteiger partial charge in [0, 0.05) is 32.5 Å². The lowest BCUT2D eigenvalue weighted by Crippen LogP contribution is -2.72. The van der Waals surface area contributed by atoms with Crippen molar-refractivity contribution in [3.63, 3.8) is 0 Å². The third-order valence-electron chi connectivity index (χ3n) is 8.68. The maximum atomic E-state index is 14.3. The van der Waals surface area contributed by atoms with Gasteiger partial charge in [-0.15, -0.1) is 0 Å². The van der Waals surface area contributed by atoms with Crippen LogP contribution in [0.2, 0.25) is 0 Å². The Morgan fingerprint density at radius 3 is 2.35 bits per heavy atom. The summed E-state index contributed by atoms with van der Waals surface area (Å²) in [4.78, 5) is 58.6. The van der Waals surface area contributed by atoms with Crippen LogP contribution < -0.4 is 10.1 Å². The van der Waals surface area contributed by atoms with Crippen LogP contribution in [0.25, 0.3) is 10.8 Å². The van der Waals surface area contributed by atoms with Crippen LogP contribution in [0.3, 0.4) is 0 Å². The number of hydrogen-bond acceptors (Lipinski definition) is 5. The summed E-state index contributed by atoms with van der Waals surface area (Å²) >= 11 is 0. The number of piperazine rings is 1. The molecule has 2 aliphatic rings. The zero-order valence-electron chi connectivity index (χ0n) is 26.1. The fraction of sp³-hybridized carbons (Fsp3) is 0.297. The van der Waals surface area contributed by atoms with Crippen molar-refractivity contribution < 1.29 is 23.9 Å². The Balaban J connectivity index is 1.29. The lowest BCUT2D eigenvalue weighted by molar-refractivity contribution is -0.167. The molecule has 0 spiro atoms. The van der Waals surface area contributed by atoms with E-state index in [4.69, 9.17) is 4.74 Å². The molecule has 0 saturated carbocycles. The Hall–Kier alpha value is -5.18. The predicted octanol–water partition coefficient (Wildman–Crippen LogP) is 5.12. The van der Waals surface area contributed by atoms with Gasteiger partial charge in [-0.2, -0.15) is 0 Å². The van der Waals surface area contributed by atoms with E-state index in [2.05, 4.69) is 5.32 Å². The van der Waals surface area contributed by atoms with Gasteiger partial charge in [-0.05, 0) is 39.6 Å². The van der Waals surface area contributed by atoms with Gasteiger partial charge in [0.15, 0.2) is 0 Å². The second-order valence-corrected chi connectivity index (χ2v) is 12.2. The molecule has 6 rings (SSSR count). The Labute approximate surface area is 268 Å². The molecule has 0 aliphatic carbocycles. The first-order valence-electron chi connectivity index (χ1n) is 15.7. The molecule has 0 bridgehead atoms. The van der Waals surface area contributed by atoms with Crippen LogP contribution >= 0.6 is 0 Å². The summed E-state index contributed by atoms with van der Waals surface area (Å²) in [5, 5.41) is 5.15. The highest BCUT2D eigenvalue weighted by Gasteiger charge is 2.48. The van der Waals surface area contributed by atoms with Crippen LogP contribution in [0.15, 0.2) is 97.1 Å². The number of benzene rings is 4. The van der Waals surface area contributed by atoms with Crippen molar-refractivity contribution in [2.45, 2.75) is 52.0 Å². The summed E-state index contributed by atoms with van der Waals surface area (Å²) in [6.45, 7) is 4.71. The third-order valence-corrected chi connectivity index (χ3v) is 8.68. The van der Waals surface area contributed by atoms with E-state index in [1.807, 2.05) is 84.9 Å². The summed E-state index contributed by atoms with van der Waals surface area (Å²) < 4.78 is 5.43. The lowest BCUT2D eigenvalue weighted by atomic mass is 9.96. The maximum Gasteiger partial charge on any atom is 0.319 e. The minimum absolute atomic E-state index is 0.131. The van der Waals surface area contributed by atoms with Crippen LogP contribution in [0.4, 0.5) is 4.79 Å². The van der Waals surface area contributed by atoms with E-state index < -0.39 is 12.2 Å². The van der Waals surface area contributed by atoms with Crippen LogP contribution in [-0.2, 0) is 33.9 Å². The molecular formula is C37H38N4O5. The van der Waals surface area contributed by atoms with Gasteiger partial charge in [0.05, 0.1) is 12.5 Å². The van der Waals surface area contributed by atoms with Gasteiger partial charge in [0.1, 0.15) is 18.0 Å². The van der Waals surface area contributed by atoms with E-state index in [1.165, 1.54) is 0 Å². The van der Waals surface area contributed by atoms with E-state index in [-0.39, 0.29) is 55.7 Å². The van der Waals surface area contributed by atoms with Crippen molar-refractivity contribution in [3.05, 3.63) is 114 Å². The third kappa shape index (κ3) is 6.59. The van der Waals surface area contributed by atoms with Crippen LogP contribution in [0, 0.1) is 5.92 Å². The van der Waals surface area contributed by atoms with Crippen molar-refractivity contribution >= 4 is 34.6 Å². The number of esters is 1. The van der Waals surface area contributed by atoms with Gasteiger partial charge in [0.2, 0.25) is 11.8 Å². The number of rotatable bonds is 8. The predicted molar refractivity (Wildman–Crippen MR) is 174 cm³/mol. The fourth-order valence-electron chi connectivity index (χ4n) is 6.22. The fourth-order valence-corrected chi connectivity index (χ4v) is 6.22. The molecule has 4 aromatic rings. The monoisotopic (exact) mass is 618 g/mol. The molecule has 46 heavy (non-hydrogen) atoms. The van der Waals surface area contributed by atoms with E-state index in [0.717, 1.165) is 27.5 Å². The Morgan fingerprint density at radius 2 is 1.59 bits per heavy atom. The molecule has 1 unspecified atom stereocenters. The van der Waals surface area contributed by atoms with Crippen molar-refractivity contribution in [3.8, 4) is 5.75 Å². The number of hydrogen-bond donors (Lipinski definition) is 1. The molecule has 236 valence electrons. The summed E-state index contributed by atoms with van der Waals surface area (Å²) in [7, 11) is 0. The van der Waals surface area contributed by atoms with Crippen LogP contribution in [-0.4, -0.2) is 63.8 Å². The zero-order valence-corrected chi connectivity index (χ0v) is 26.1. The van der Waals surface area contributed by atoms with Gasteiger partial charge < -0.3 is 24.8 Å². The minimum Gasteiger partial charge on any atom is -0.426 e. The molecule has 2 saturated heterocycles. The molecule has 9 heteroatoms. The molecule has 2 heterocycles. The number of nitrogens with one attached hydrogen (secondary N) is 1. The zero-order chi connectivity index (χ0) is 32.2. The molecular weight excluding hydrogens is 580 g/mol. The van der Waals surface area contributed by atoms with E-state index in [9.17, 15) is 19.2 Å². The molecule has 0 radical (unpaired) electrons. The number of urea groups is 1.